The van der Waals surface area contributed by atoms with Gasteiger partial charge in [-0.15, -0.1) is 6.58 Å². The summed E-state index contributed by atoms with van der Waals surface area (Å²) in [5.74, 6) is -0.770. The lowest BCUT2D eigenvalue weighted by molar-refractivity contribution is -0.136. The van der Waals surface area contributed by atoms with E-state index in [1.807, 2.05) is 0 Å². The number of hydrogen-bond acceptors (Lipinski definition) is 4. The lowest BCUT2D eigenvalue weighted by atomic mass is 10.0. The summed E-state index contributed by atoms with van der Waals surface area (Å²) in [6.07, 6.45) is 3.16. The monoisotopic (exact) mass is 299 g/mol. The minimum absolute atomic E-state index is 0.0862. The normalized spacial score (nSPS) is 16.4. The Balaban J connectivity index is 2.54. The van der Waals surface area contributed by atoms with Gasteiger partial charge in [-0.2, -0.15) is 0 Å². The van der Waals surface area contributed by atoms with Crippen LogP contribution in [0.1, 0.15) is 12.5 Å². The van der Waals surface area contributed by atoms with Crippen molar-refractivity contribution < 1.29 is 19.4 Å². The summed E-state index contributed by atoms with van der Waals surface area (Å²) in [4.78, 5) is 26.0. The number of rotatable bonds is 4. The summed E-state index contributed by atoms with van der Waals surface area (Å²) in [6.45, 7) is 5.62. The summed E-state index contributed by atoms with van der Waals surface area (Å²) in [6, 6.07) is 6.45. The number of benzene rings is 1. The van der Waals surface area contributed by atoms with Gasteiger partial charge in [-0.3, -0.25) is 4.79 Å². The SMILES string of the molecule is C=CCN1C(=O)C(=Cc2cccc(O)c2)C(C(=O)OC)=C1C. The average molecular weight is 299 g/mol. The van der Waals surface area contributed by atoms with Gasteiger partial charge in [0.25, 0.3) is 5.91 Å². The maximum absolute atomic E-state index is 12.5. The Morgan fingerprint density at radius 2 is 2.18 bits per heavy atom. The van der Waals surface area contributed by atoms with Crippen molar-refractivity contribution in [2.24, 2.45) is 0 Å². The Morgan fingerprint density at radius 3 is 2.77 bits per heavy atom. The third-order valence-electron chi connectivity index (χ3n) is 3.39. The number of allylic oxidation sites excluding steroid dienone is 1. The van der Waals surface area contributed by atoms with Crippen molar-refractivity contribution in [3.05, 3.63) is 59.3 Å². The molecule has 0 unspecified atom stereocenters. The van der Waals surface area contributed by atoms with Gasteiger partial charge in [-0.25, -0.2) is 4.79 Å². The van der Waals surface area contributed by atoms with Gasteiger partial charge in [0.05, 0.1) is 18.3 Å². The quantitative estimate of drug-likeness (QED) is 0.526. The summed E-state index contributed by atoms with van der Waals surface area (Å²) >= 11 is 0. The maximum atomic E-state index is 12.5. The summed E-state index contributed by atoms with van der Waals surface area (Å²) in [5, 5.41) is 9.52. The second kappa shape index (κ2) is 6.30. The molecular weight excluding hydrogens is 282 g/mol. The summed E-state index contributed by atoms with van der Waals surface area (Å²) in [7, 11) is 1.27. The molecule has 22 heavy (non-hydrogen) atoms. The molecule has 1 amide bonds. The van der Waals surface area contributed by atoms with Crippen molar-refractivity contribution >= 4 is 18.0 Å². The van der Waals surface area contributed by atoms with E-state index in [1.165, 1.54) is 24.1 Å². The van der Waals surface area contributed by atoms with Gasteiger partial charge >= 0.3 is 5.97 Å². The molecule has 0 saturated heterocycles. The van der Waals surface area contributed by atoms with Crippen LogP contribution < -0.4 is 0 Å². The molecule has 0 fully saturated rings. The highest BCUT2D eigenvalue weighted by Crippen LogP contribution is 2.31. The Labute approximate surface area is 128 Å². The first-order valence-corrected chi connectivity index (χ1v) is 6.72. The molecule has 1 N–H and O–H groups in total. The van der Waals surface area contributed by atoms with E-state index in [1.54, 1.807) is 31.2 Å². The molecular formula is C17H17NO4. The Bertz CT molecular complexity index is 700. The number of esters is 1. The highest BCUT2D eigenvalue weighted by molar-refractivity contribution is 6.16. The second-order valence-electron chi connectivity index (χ2n) is 4.81. The minimum Gasteiger partial charge on any atom is -0.508 e. The number of carbonyl (C=O) groups is 2. The topological polar surface area (TPSA) is 66.8 Å². The number of carbonyl (C=O) groups excluding carboxylic acids is 2. The van der Waals surface area contributed by atoms with Gasteiger partial charge in [0.1, 0.15) is 5.75 Å². The second-order valence-corrected chi connectivity index (χ2v) is 4.81. The molecule has 1 aromatic carbocycles. The molecule has 2 rings (SSSR count). The lowest BCUT2D eigenvalue weighted by Gasteiger charge is -2.14. The lowest BCUT2D eigenvalue weighted by Crippen LogP contribution is -2.24. The summed E-state index contributed by atoms with van der Waals surface area (Å²) in [5.41, 5.74) is 1.63. The molecule has 1 aliphatic rings. The van der Waals surface area contributed by atoms with Gasteiger partial charge in [0, 0.05) is 12.2 Å². The molecule has 114 valence electrons. The molecule has 0 aliphatic carbocycles. The van der Waals surface area contributed by atoms with E-state index in [0.717, 1.165) is 0 Å². The van der Waals surface area contributed by atoms with Crippen molar-refractivity contribution in [3.8, 4) is 5.75 Å². The zero-order valence-corrected chi connectivity index (χ0v) is 12.5. The van der Waals surface area contributed by atoms with E-state index in [-0.39, 0.29) is 22.8 Å². The molecule has 0 radical (unpaired) electrons. The van der Waals surface area contributed by atoms with Crippen LogP contribution in [0.25, 0.3) is 6.08 Å². The first kappa shape index (κ1) is 15.6. The number of nitrogens with zero attached hydrogens (tertiary/aromatic N) is 1. The third-order valence-corrected chi connectivity index (χ3v) is 3.39. The highest BCUT2D eigenvalue weighted by atomic mass is 16.5. The molecule has 1 aliphatic heterocycles. The minimum atomic E-state index is -0.566. The van der Waals surface area contributed by atoms with E-state index in [4.69, 9.17) is 4.74 Å². The first-order valence-electron chi connectivity index (χ1n) is 6.72. The predicted octanol–water partition coefficient (Wildman–Crippen LogP) is 2.25. The maximum Gasteiger partial charge on any atom is 0.340 e. The Kier molecular flexibility index (Phi) is 4.46. The zero-order chi connectivity index (χ0) is 16.3. The number of ether oxygens (including phenoxy) is 1. The fraction of sp³-hybridized carbons (Fsp3) is 0.176. The number of phenolic OH excluding ortho intramolecular Hbond substituents is 1. The number of amides is 1. The smallest absolute Gasteiger partial charge is 0.340 e. The summed E-state index contributed by atoms with van der Waals surface area (Å²) < 4.78 is 4.78. The average Bonchev–Trinajstić information content (AvgIpc) is 2.72. The van der Waals surface area contributed by atoms with Crippen LogP contribution in [0.3, 0.4) is 0 Å². The molecule has 1 heterocycles. The van der Waals surface area contributed by atoms with Gasteiger partial charge < -0.3 is 14.7 Å². The molecule has 0 bridgehead atoms. The standard InChI is InChI=1S/C17H17NO4/c1-4-8-18-11(2)15(17(21)22-3)14(16(18)20)10-12-6-5-7-13(19)9-12/h4-7,9-10,19H,1,8H2,2-3H3. The van der Waals surface area contributed by atoms with Crippen LogP contribution in [0.5, 0.6) is 5.75 Å². The number of methoxy groups -OCH3 is 1. The van der Waals surface area contributed by atoms with Gasteiger partial charge in [-0.1, -0.05) is 18.2 Å². The van der Waals surface area contributed by atoms with Gasteiger partial charge in [0.2, 0.25) is 0 Å². The number of aromatic hydroxyl groups is 1. The van der Waals surface area contributed by atoms with Crippen molar-refractivity contribution in [1.29, 1.82) is 0 Å². The van der Waals surface area contributed by atoms with Crippen molar-refractivity contribution in [3.63, 3.8) is 0 Å². The van der Waals surface area contributed by atoms with E-state index >= 15 is 0 Å². The number of phenols is 1. The van der Waals surface area contributed by atoms with Crippen LogP contribution in [0, 0.1) is 0 Å². The Morgan fingerprint density at radius 1 is 1.45 bits per heavy atom. The fourth-order valence-electron chi connectivity index (χ4n) is 2.36. The molecule has 0 saturated carbocycles. The van der Waals surface area contributed by atoms with E-state index in [9.17, 15) is 14.7 Å². The van der Waals surface area contributed by atoms with E-state index in [2.05, 4.69) is 6.58 Å². The van der Waals surface area contributed by atoms with E-state index in [0.29, 0.717) is 17.8 Å². The Hall–Kier alpha value is -2.82. The fourth-order valence-corrected chi connectivity index (χ4v) is 2.36. The van der Waals surface area contributed by atoms with E-state index < -0.39 is 5.97 Å². The first-order chi connectivity index (χ1) is 10.5. The van der Waals surface area contributed by atoms with Crippen molar-refractivity contribution in [1.82, 2.24) is 4.90 Å². The van der Waals surface area contributed by atoms with Crippen LogP contribution in [0.2, 0.25) is 0 Å². The van der Waals surface area contributed by atoms with Crippen LogP contribution in [0.4, 0.5) is 0 Å². The molecule has 1 aromatic rings. The van der Waals surface area contributed by atoms with Gasteiger partial charge in [0.15, 0.2) is 0 Å². The van der Waals surface area contributed by atoms with Gasteiger partial charge in [-0.05, 0) is 30.7 Å². The number of hydrogen-bond donors (Lipinski definition) is 1. The predicted molar refractivity (Wildman–Crippen MR) is 82.7 cm³/mol. The molecule has 5 heteroatoms. The molecule has 0 spiro atoms. The van der Waals surface area contributed by atoms with Crippen molar-refractivity contribution in [2.45, 2.75) is 6.92 Å². The largest absolute Gasteiger partial charge is 0.508 e. The third kappa shape index (κ3) is 2.79. The zero-order valence-electron chi connectivity index (χ0n) is 12.5. The van der Waals surface area contributed by atoms with Crippen molar-refractivity contribution in [2.75, 3.05) is 13.7 Å². The highest BCUT2D eigenvalue weighted by Gasteiger charge is 2.36. The van der Waals surface area contributed by atoms with Crippen LogP contribution in [-0.4, -0.2) is 35.5 Å². The van der Waals surface area contributed by atoms with Crippen LogP contribution in [-0.2, 0) is 14.3 Å². The molecule has 0 atom stereocenters. The molecule has 5 nitrogen and oxygen atoms in total. The molecule has 0 aromatic heterocycles. The van der Waals surface area contributed by atoms with Crippen LogP contribution >= 0.6 is 0 Å². The van der Waals surface area contributed by atoms with Crippen LogP contribution in [0.15, 0.2) is 53.8 Å².